The van der Waals surface area contributed by atoms with Crippen LogP contribution in [0.25, 0.3) is 6.08 Å². The van der Waals surface area contributed by atoms with Gasteiger partial charge in [0.2, 0.25) is 0 Å². The molecule has 0 N–H and O–H groups in total. The van der Waals surface area contributed by atoms with E-state index in [4.69, 9.17) is 0 Å². The number of anilines is 3. The number of hydrazone groups is 1. The van der Waals surface area contributed by atoms with Crippen molar-refractivity contribution >= 4 is 46.5 Å². The van der Waals surface area contributed by atoms with E-state index in [1.807, 2.05) is 43.3 Å². The molecule has 3 aromatic carbocycles. The third-order valence-electron chi connectivity index (χ3n) is 5.17. The van der Waals surface area contributed by atoms with E-state index in [0.29, 0.717) is 5.57 Å². The van der Waals surface area contributed by atoms with Gasteiger partial charge in [0.25, 0.3) is 5.91 Å². The third kappa shape index (κ3) is 3.04. The highest BCUT2D eigenvalue weighted by Gasteiger charge is 2.29. The minimum absolute atomic E-state index is 0.0958. The number of amides is 1. The maximum Gasteiger partial charge on any atom is 0.280 e. The first-order valence-corrected chi connectivity index (χ1v) is 10.2. The molecule has 29 heavy (non-hydrogen) atoms. The fourth-order valence-electron chi connectivity index (χ4n) is 3.64. The maximum atomic E-state index is 13.0. The summed E-state index contributed by atoms with van der Waals surface area (Å²) in [4.78, 5) is 17.6. The van der Waals surface area contributed by atoms with Gasteiger partial charge in [0.05, 0.1) is 28.3 Å². The highest BCUT2D eigenvalue weighted by atomic mass is 32.2. The van der Waals surface area contributed by atoms with Crippen molar-refractivity contribution < 1.29 is 4.79 Å². The van der Waals surface area contributed by atoms with E-state index >= 15 is 0 Å². The molecule has 0 atom stereocenters. The highest BCUT2D eigenvalue weighted by molar-refractivity contribution is 7.99. The molecule has 1 amide bonds. The van der Waals surface area contributed by atoms with E-state index in [9.17, 15) is 4.79 Å². The normalized spacial score (nSPS) is 16.7. The Bertz CT molecular complexity index is 1180. The summed E-state index contributed by atoms with van der Waals surface area (Å²) >= 11 is 1.76. The maximum absolute atomic E-state index is 13.0. The zero-order valence-electron chi connectivity index (χ0n) is 16.2. The minimum atomic E-state index is -0.0958. The molecule has 0 radical (unpaired) electrons. The summed E-state index contributed by atoms with van der Waals surface area (Å²) in [6.07, 6.45) is 1.94. The van der Waals surface area contributed by atoms with Crippen molar-refractivity contribution in [1.29, 1.82) is 0 Å². The van der Waals surface area contributed by atoms with Gasteiger partial charge in [0.1, 0.15) is 0 Å². The fraction of sp³-hybridized carbons (Fsp3) is 0.0833. The fourth-order valence-corrected chi connectivity index (χ4v) is 4.84. The number of hydrogen-bond donors (Lipinski definition) is 0. The summed E-state index contributed by atoms with van der Waals surface area (Å²) in [5.74, 6) is -0.0958. The Kier molecular flexibility index (Phi) is 4.25. The number of carbonyl (C=O) groups is 1. The van der Waals surface area contributed by atoms with E-state index in [-0.39, 0.29) is 5.91 Å². The predicted molar refractivity (Wildman–Crippen MR) is 120 cm³/mol. The highest BCUT2D eigenvalue weighted by Crippen LogP contribution is 2.47. The molecular weight excluding hydrogens is 378 g/mol. The summed E-state index contributed by atoms with van der Waals surface area (Å²) in [5, 5.41) is 5.94. The van der Waals surface area contributed by atoms with Gasteiger partial charge in [-0.3, -0.25) is 4.79 Å². The minimum Gasteiger partial charge on any atom is -0.343 e. The molecule has 2 heterocycles. The molecule has 5 heteroatoms. The number of fused-ring (bicyclic) bond motifs is 2. The summed E-state index contributed by atoms with van der Waals surface area (Å²) in [5.41, 5.74) is 5.51. The lowest BCUT2D eigenvalue weighted by Crippen LogP contribution is -2.21. The number of benzene rings is 3. The number of rotatable bonds is 2. The molecule has 0 fully saturated rings. The molecule has 0 aliphatic carbocycles. The molecule has 4 nitrogen and oxygen atoms in total. The van der Waals surface area contributed by atoms with Crippen LogP contribution in [0.4, 0.5) is 17.1 Å². The summed E-state index contributed by atoms with van der Waals surface area (Å²) in [6.45, 7) is 1.88. The Morgan fingerprint density at radius 3 is 2.45 bits per heavy atom. The van der Waals surface area contributed by atoms with E-state index < -0.39 is 0 Å². The monoisotopic (exact) mass is 397 g/mol. The Morgan fingerprint density at radius 2 is 1.62 bits per heavy atom. The second-order valence-electron chi connectivity index (χ2n) is 7.05. The molecule has 5 rings (SSSR count). The average Bonchev–Trinajstić information content (AvgIpc) is 3.03. The topological polar surface area (TPSA) is 35.9 Å². The van der Waals surface area contributed by atoms with Crippen LogP contribution >= 0.6 is 11.8 Å². The molecular formula is C24H19N3OS. The van der Waals surface area contributed by atoms with Crippen LogP contribution in [0.5, 0.6) is 0 Å². The molecule has 0 bridgehead atoms. The van der Waals surface area contributed by atoms with Gasteiger partial charge in [-0.1, -0.05) is 48.2 Å². The first kappa shape index (κ1) is 17.8. The first-order valence-electron chi connectivity index (χ1n) is 9.43. The standard InChI is InChI=1S/C24H19N3OS/c1-16-19(24(28)27(25-16)18-8-4-3-5-9-18)14-17-12-13-21-23(15-17)29-22-11-7-6-10-20(22)26(21)2/h3-15H,1-2H3/b19-14+. The lowest BCUT2D eigenvalue weighted by Gasteiger charge is -2.29. The van der Waals surface area contributed by atoms with Gasteiger partial charge in [-0.25, -0.2) is 0 Å². The zero-order valence-corrected chi connectivity index (χ0v) is 17.0. The second-order valence-corrected chi connectivity index (χ2v) is 8.14. The van der Waals surface area contributed by atoms with Crippen molar-refractivity contribution in [2.45, 2.75) is 16.7 Å². The quantitative estimate of drug-likeness (QED) is 0.519. The Morgan fingerprint density at radius 1 is 0.897 bits per heavy atom. The molecule has 0 aromatic heterocycles. The number of para-hydroxylation sites is 2. The number of hydrogen-bond acceptors (Lipinski definition) is 4. The third-order valence-corrected chi connectivity index (χ3v) is 6.28. The summed E-state index contributed by atoms with van der Waals surface area (Å²) < 4.78 is 0. The molecule has 0 unspecified atom stereocenters. The molecule has 2 aliphatic heterocycles. The van der Waals surface area contributed by atoms with Gasteiger partial charge in [-0.15, -0.1) is 0 Å². The van der Waals surface area contributed by atoms with Gasteiger partial charge < -0.3 is 4.90 Å². The van der Waals surface area contributed by atoms with Gasteiger partial charge in [0.15, 0.2) is 0 Å². The van der Waals surface area contributed by atoms with Gasteiger partial charge in [-0.2, -0.15) is 10.1 Å². The number of carbonyl (C=O) groups excluding carboxylic acids is 1. The average molecular weight is 398 g/mol. The van der Waals surface area contributed by atoms with E-state index in [2.05, 4.69) is 59.5 Å². The van der Waals surface area contributed by atoms with E-state index in [0.717, 1.165) is 17.0 Å². The van der Waals surface area contributed by atoms with Crippen molar-refractivity contribution in [3.05, 3.63) is 83.9 Å². The van der Waals surface area contributed by atoms with Gasteiger partial charge >= 0.3 is 0 Å². The lowest BCUT2D eigenvalue weighted by atomic mass is 10.1. The molecule has 0 saturated carbocycles. The zero-order chi connectivity index (χ0) is 20.0. The van der Waals surface area contributed by atoms with Crippen LogP contribution in [0.3, 0.4) is 0 Å². The predicted octanol–water partition coefficient (Wildman–Crippen LogP) is 5.73. The molecule has 0 saturated heterocycles. The van der Waals surface area contributed by atoms with Crippen molar-refractivity contribution in [3.63, 3.8) is 0 Å². The Labute approximate surface area is 174 Å². The van der Waals surface area contributed by atoms with Crippen LogP contribution in [-0.4, -0.2) is 18.7 Å². The largest absolute Gasteiger partial charge is 0.343 e. The van der Waals surface area contributed by atoms with Gasteiger partial charge in [-0.05, 0) is 55.0 Å². The van der Waals surface area contributed by atoms with E-state index in [1.165, 1.54) is 26.2 Å². The van der Waals surface area contributed by atoms with Crippen molar-refractivity contribution in [2.75, 3.05) is 17.0 Å². The lowest BCUT2D eigenvalue weighted by molar-refractivity contribution is -0.114. The summed E-state index contributed by atoms with van der Waals surface area (Å²) in [6, 6.07) is 24.2. The summed E-state index contributed by atoms with van der Waals surface area (Å²) in [7, 11) is 2.09. The second kappa shape index (κ2) is 6.94. The van der Waals surface area contributed by atoms with Crippen LogP contribution in [0, 0.1) is 0 Å². The Hall–Kier alpha value is -3.31. The molecule has 142 valence electrons. The Balaban J connectivity index is 1.48. The van der Waals surface area contributed by atoms with E-state index in [1.54, 1.807) is 11.8 Å². The van der Waals surface area contributed by atoms with Gasteiger partial charge in [0, 0.05) is 16.8 Å². The molecule has 0 spiro atoms. The van der Waals surface area contributed by atoms with Crippen LogP contribution in [-0.2, 0) is 4.79 Å². The van der Waals surface area contributed by atoms with Crippen LogP contribution in [0.2, 0.25) is 0 Å². The smallest absolute Gasteiger partial charge is 0.280 e. The first-order chi connectivity index (χ1) is 14.1. The SMILES string of the molecule is CC1=NN(c2ccccc2)C(=O)/C1=C/c1ccc2c(c1)Sc1ccccc1N2C. The molecule has 2 aliphatic rings. The van der Waals surface area contributed by atoms with Crippen molar-refractivity contribution in [2.24, 2.45) is 5.10 Å². The number of nitrogens with zero attached hydrogens (tertiary/aromatic N) is 3. The van der Waals surface area contributed by atoms with Crippen LogP contribution in [0.15, 0.2) is 93.3 Å². The van der Waals surface area contributed by atoms with Crippen molar-refractivity contribution in [3.8, 4) is 0 Å². The van der Waals surface area contributed by atoms with Crippen LogP contribution in [0.1, 0.15) is 12.5 Å². The van der Waals surface area contributed by atoms with Crippen molar-refractivity contribution in [1.82, 2.24) is 0 Å². The van der Waals surface area contributed by atoms with Crippen LogP contribution < -0.4 is 9.91 Å². The molecule has 3 aromatic rings.